The standard InChI is InChI=1S/C17H18F3N5/c1-11(13-4-2-12(8-21)3-5-13)22-9-16-24-23-15-7-6-14(10-25(15)16)17(18,19)20/h2-5,11,14,22H,6-7,9-10H2,1H3/t11-,14-/m0/s1. The van der Waals surface area contributed by atoms with Gasteiger partial charge in [0.25, 0.3) is 0 Å². The average molecular weight is 349 g/mol. The molecule has 1 aromatic heterocycles. The van der Waals surface area contributed by atoms with Crippen molar-refractivity contribution in [1.29, 1.82) is 5.26 Å². The van der Waals surface area contributed by atoms with Gasteiger partial charge in [0.1, 0.15) is 11.6 Å². The van der Waals surface area contributed by atoms with Crippen molar-refractivity contribution >= 4 is 0 Å². The van der Waals surface area contributed by atoms with E-state index in [2.05, 4.69) is 21.6 Å². The normalized spacial score (nSPS) is 18.4. The molecule has 8 heteroatoms. The Bertz CT molecular complexity index is 773. The first kappa shape index (κ1) is 17.4. The number of hydrogen-bond acceptors (Lipinski definition) is 4. The van der Waals surface area contributed by atoms with Crippen molar-refractivity contribution in [2.24, 2.45) is 5.92 Å². The first-order valence-electron chi connectivity index (χ1n) is 8.09. The van der Waals surface area contributed by atoms with Crippen molar-refractivity contribution in [3.8, 4) is 6.07 Å². The Kier molecular flexibility index (Phi) is 4.77. The van der Waals surface area contributed by atoms with E-state index in [1.54, 1.807) is 16.7 Å². The molecule has 0 bridgehead atoms. The van der Waals surface area contributed by atoms with Crippen LogP contribution in [0.25, 0.3) is 0 Å². The minimum Gasteiger partial charge on any atom is -0.313 e. The number of halogens is 3. The highest BCUT2D eigenvalue weighted by atomic mass is 19.4. The van der Waals surface area contributed by atoms with Gasteiger partial charge in [-0.25, -0.2) is 0 Å². The number of rotatable bonds is 4. The summed E-state index contributed by atoms with van der Waals surface area (Å²) >= 11 is 0. The van der Waals surface area contributed by atoms with E-state index in [0.29, 0.717) is 30.2 Å². The number of fused-ring (bicyclic) bond motifs is 1. The second kappa shape index (κ2) is 6.84. The molecule has 1 aliphatic heterocycles. The highest BCUT2D eigenvalue weighted by Gasteiger charge is 2.42. The topological polar surface area (TPSA) is 66.5 Å². The molecule has 0 unspecified atom stereocenters. The Balaban J connectivity index is 1.66. The summed E-state index contributed by atoms with van der Waals surface area (Å²) in [7, 11) is 0. The van der Waals surface area contributed by atoms with Crippen molar-refractivity contribution in [3.63, 3.8) is 0 Å². The lowest BCUT2D eigenvalue weighted by Crippen LogP contribution is -2.33. The largest absolute Gasteiger partial charge is 0.393 e. The van der Waals surface area contributed by atoms with E-state index in [4.69, 9.17) is 5.26 Å². The summed E-state index contributed by atoms with van der Waals surface area (Å²) in [6.07, 6.45) is -3.83. The number of aromatic nitrogens is 3. The van der Waals surface area contributed by atoms with Gasteiger partial charge in [0.05, 0.1) is 24.1 Å². The van der Waals surface area contributed by atoms with Crippen LogP contribution in [0, 0.1) is 17.2 Å². The number of alkyl halides is 3. The molecule has 5 nitrogen and oxygen atoms in total. The maximum Gasteiger partial charge on any atom is 0.393 e. The van der Waals surface area contributed by atoms with Crippen LogP contribution in [0.5, 0.6) is 0 Å². The molecule has 1 aliphatic rings. The lowest BCUT2D eigenvalue weighted by molar-refractivity contribution is -0.182. The third kappa shape index (κ3) is 3.82. The Labute approximate surface area is 143 Å². The molecule has 1 aromatic carbocycles. The van der Waals surface area contributed by atoms with Crippen LogP contribution < -0.4 is 5.32 Å². The lowest BCUT2D eigenvalue weighted by Gasteiger charge is -2.26. The van der Waals surface area contributed by atoms with Gasteiger partial charge < -0.3 is 9.88 Å². The van der Waals surface area contributed by atoms with Crippen molar-refractivity contribution < 1.29 is 13.2 Å². The second-order valence-corrected chi connectivity index (χ2v) is 6.26. The van der Waals surface area contributed by atoms with Gasteiger partial charge in [-0.1, -0.05) is 12.1 Å². The summed E-state index contributed by atoms with van der Waals surface area (Å²) in [5.74, 6) is -0.210. The molecular weight excluding hydrogens is 331 g/mol. The van der Waals surface area contributed by atoms with Gasteiger partial charge in [-0.05, 0) is 31.0 Å². The highest BCUT2D eigenvalue weighted by molar-refractivity contribution is 5.32. The molecule has 0 fully saturated rings. The van der Waals surface area contributed by atoms with Gasteiger partial charge in [-0.2, -0.15) is 18.4 Å². The van der Waals surface area contributed by atoms with Crippen LogP contribution >= 0.6 is 0 Å². The first-order chi connectivity index (χ1) is 11.9. The molecule has 0 saturated carbocycles. The van der Waals surface area contributed by atoms with Crippen LogP contribution in [0.4, 0.5) is 13.2 Å². The summed E-state index contributed by atoms with van der Waals surface area (Å²) in [6.45, 7) is 2.17. The Morgan fingerprint density at radius 3 is 2.68 bits per heavy atom. The zero-order valence-electron chi connectivity index (χ0n) is 13.7. The third-order valence-corrected chi connectivity index (χ3v) is 4.59. The fraction of sp³-hybridized carbons (Fsp3) is 0.471. The fourth-order valence-electron chi connectivity index (χ4n) is 2.99. The molecule has 25 heavy (non-hydrogen) atoms. The lowest BCUT2D eigenvalue weighted by atomic mass is 9.99. The van der Waals surface area contributed by atoms with E-state index >= 15 is 0 Å². The molecule has 2 atom stereocenters. The van der Waals surface area contributed by atoms with Gasteiger partial charge in [-0.3, -0.25) is 0 Å². The maximum absolute atomic E-state index is 13.0. The molecule has 132 valence electrons. The zero-order chi connectivity index (χ0) is 18.0. The first-order valence-corrected chi connectivity index (χ1v) is 8.09. The number of nitriles is 1. The van der Waals surface area contributed by atoms with E-state index in [1.807, 2.05) is 19.1 Å². The summed E-state index contributed by atoms with van der Waals surface area (Å²) in [4.78, 5) is 0. The van der Waals surface area contributed by atoms with Gasteiger partial charge in [0.2, 0.25) is 0 Å². The predicted octanol–water partition coefficient (Wildman–Crippen LogP) is 3.13. The third-order valence-electron chi connectivity index (χ3n) is 4.59. The van der Waals surface area contributed by atoms with Crippen LogP contribution in [-0.2, 0) is 19.5 Å². The Hall–Kier alpha value is -2.40. The average Bonchev–Trinajstić information content (AvgIpc) is 3.01. The van der Waals surface area contributed by atoms with Crippen LogP contribution in [0.3, 0.4) is 0 Å². The molecule has 0 radical (unpaired) electrons. The van der Waals surface area contributed by atoms with Crippen molar-refractivity contribution in [1.82, 2.24) is 20.1 Å². The monoisotopic (exact) mass is 349 g/mol. The van der Waals surface area contributed by atoms with Gasteiger partial charge in [-0.15, -0.1) is 10.2 Å². The summed E-state index contributed by atoms with van der Waals surface area (Å²) in [5, 5.41) is 20.1. The zero-order valence-corrected chi connectivity index (χ0v) is 13.7. The highest BCUT2D eigenvalue weighted by Crippen LogP contribution is 2.34. The van der Waals surface area contributed by atoms with Crippen LogP contribution in [0.1, 0.15) is 42.2 Å². The minimum absolute atomic E-state index is 0.0253. The molecule has 0 amide bonds. The summed E-state index contributed by atoms with van der Waals surface area (Å²) in [6, 6.07) is 9.22. The number of aryl methyl sites for hydroxylation is 1. The van der Waals surface area contributed by atoms with E-state index in [9.17, 15) is 13.2 Å². The number of benzene rings is 1. The molecule has 0 saturated heterocycles. The fourth-order valence-corrected chi connectivity index (χ4v) is 2.99. The molecule has 0 spiro atoms. The van der Waals surface area contributed by atoms with Crippen molar-refractivity contribution in [2.75, 3.05) is 0 Å². The van der Waals surface area contributed by atoms with E-state index in [0.717, 1.165) is 5.56 Å². The smallest absolute Gasteiger partial charge is 0.313 e. The van der Waals surface area contributed by atoms with Crippen molar-refractivity contribution in [3.05, 3.63) is 47.0 Å². The van der Waals surface area contributed by atoms with Gasteiger partial charge in [0.15, 0.2) is 0 Å². The molecular formula is C17H18F3N5. The minimum atomic E-state index is -4.19. The van der Waals surface area contributed by atoms with Crippen LogP contribution in [0.2, 0.25) is 0 Å². The van der Waals surface area contributed by atoms with Crippen LogP contribution in [0.15, 0.2) is 24.3 Å². The van der Waals surface area contributed by atoms with E-state index in [1.165, 1.54) is 0 Å². The summed E-state index contributed by atoms with van der Waals surface area (Å²) in [5.41, 5.74) is 1.58. The van der Waals surface area contributed by atoms with E-state index in [-0.39, 0.29) is 19.0 Å². The maximum atomic E-state index is 13.0. The van der Waals surface area contributed by atoms with E-state index < -0.39 is 12.1 Å². The molecule has 1 N–H and O–H groups in total. The van der Waals surface area contributed by atoms with Crippen molar-refractivity contribution in [2.45, 2.75) is 45.1 Å². The quantitative estimate of drug-likeness (QED) is 0.921. The Morgan fingerprint density at radius 2 is 2.04 bits per heavy atom. The number of nitrogens with one attached hydrogen (secondary N) is 1. The number of hydrogen-bond donors (Lipinski definition) is 1. The Morgan fingerprint density at radius 1 is 1.32 bits per heavy atom. The number of nitrogens with zero attached hydrogens (tertiary/aromatic N) is 4. The predicted molar refractivity (Wildman–Crippen MR) is 84.3 cm³/mol. The molecule has 2 heterocycles. The van der Waals surface area contributed by atoms with Gasteiger partial charge >= 0.3 is 6.18 Å². The van der Waals surface area contributed by atoms with Crippen LogP contribution in [-0.4, -0.2) is 20.9 Å². The SMILES string of the molecule is C[C@H](NCc1nnc2n1C[C@@H](C(F)(F)F)CC2)c1ccc(C#N)cc1. The van der Waals surface area contributed by atoms with Gasteiger partial charge in [0, 0.05) is 19.0 Å². The summed E-state index contributed by atoms with van der Waals surface area (Å²) < 4.78 is 40.5. The molecule has 2 aromatic rings. The second-order valence-electron chi connectivity index (χ2n) is 6.26. The molecule has 0 aliphatic carbocycles. The molecule has 3 rings (SSSR count).